The van der Waals surface area contributed by atoms with Crippen LogP contribution in [0.25, 0.3) is 0 Å². The van der Waals surface area contributed by atoms with Gasteiger partial charge in [0.1, 0.15) is 18.1 Å². The fourth-order valence-electron chi connectivity index (χ4n) is 2.32. The molecule has 0 amide bonds. The molecule has 0 aliphatic carbocycles. The van der Waals surface area contributed by atoms with Gasteiger partial charge in [-0.2, -0.15) is 0 Å². The van der Waals surface area contributed by atoms with Gasteiger partial charge in [-0.25, -0.2) is 0 Å². The van der Waals surface area contributed by atoms with E-state index in [1.165, 1.54) is 14.7 Å². The lowest BCUT2D eigenvalue weighted by atomic mass is 10.0. The van der Waals surface area contributed by atoms with Crippen molar-refractivity contribution in [2.24, 2.45) is 0 Å². The smallest absolute Gasteiger partial charge is 0.129 e. The Balaban J connectivity index is 2.34. The number of benzene rings is 1. The minimum Gasteiger partial charge on any atom is -0.462 e. The molecular weight excluding hydrogens is 377 g/mol. The van der Waals surface area contributed by atoms with E-state index in [1.54, 1.807) is 7.11 Å². The summed E-state index contributed by atoms with van der Waals surface area (Å²) in [7, 11) is 1.68. The highest BCUT2D eigenvalue weighted by Gasteiger charge is 2.20. The van der Waals surface area contributed by atoms with Crippen molar-refractivity contribution in [2.75, 3.05) is 13.7 Å². The molecule has 1 atom stereocenters. The number of halogens is 1. The molecule has 0 bridgehead atoms. The van der Waals surface area contributed by atoms with Crippen LogP contribution in [0.15, 0.2) is 34.7 Å². The van der Waals surface area contributed by atoms with Crippen LogP contribution in [-0.2, 0) is 11.3 Å². The molecule has 1 aromatic carbocycles. The standard InChI is InChI=1S/C17H22INO2/c1-4-10-19-17(14-7-5-6-12(2)16(14)18)15-9-8-13(21-15)11-20-3/h5-9,17,19H,4,10-11H2,1-3H3. The van der Waals surface area contributed by atoms with Gasteiger partial charge in [0.2, 0.25) is 0 Å². The Bertz CT molecular complexity index is 580. The zero-order valence-corrected chi connectivity index (χ0v) is 14.9. The summed E-state index contributed by atoms with van der Waals surface area (Å²) in [6, 6.07) is 10.5. The Kier molecular flexibility index (Phi) is 6.26. The molecule has 0 saturated heterocycles. The maximum Gasteiger partial charge on any atom is 0.129 e. The molecule has 3 nitrogen and oxygen atoms in total. The van der Waals surface area contributed by atoms with E-state index in [1.807, 2.05) is 12.1 Å². The Labute approximate surface area is 140 Å². The van der Waals surface area contributed by atoms with Crippen molar-refractivity contribution >= 4 is 22.6 Å². The van der Waals surface area contributed by atoms with Gasteiger partial charge >= 0.3 is 0 Å². The number of aryl methyl sites for hydroxylation is 1. The van der Waals surface area contributed by atoms with Gasteiger partial charge < -0.3 is 14.5 Å². The second-order valence-electron chi connectivity index (χ2n) is 5.10. The van der Waals surface area contributed by atoms with Gasteiger partial charge in [0.15, 0.2) is 0 Å². The van der Waals surface area contributed by atoms with Crippen LogP contribution in [0, 0.1) is 10.5 Å². The van der Waals surface area contributed by atoms with Crippen LogP contribution in [-0.4, -0.2) is 13.7 Å². The van der Waals surface area contributed by atoms with Gasteiger partial charge in [0, 0.05) is 10.7 Å². The molecule has 1 aromatic heterocycles. The summed E-state index contributed by atoms with van der Waals surface area (Å²) in [5, 5.41) is 3.59. The summed E-state index contributed by atoms with van der Waals surface area (Å²) in [5.74, 6) is 1.80. The number of hydrogen-bond acceptors (Lipinski definition) is 3. The Hall–Kier alpha value is -0.850. The van der Waals surface area contributed by atoms with Crippen molar-refractivity contribution in [3.05, 3.63) is 56.5 Å². The Morgan fingerprint density at radius 1 is 1.29 bits per heavy atom. The molecule has 1 unspecified atom stereocenters. The van der Waals surface area contributed by atoms with Gasteiger partial charge in [-0.15, -0.1) is 0 Å². The van der Waals surface area contributed by atoms with Gasteiger partial charge in [-0.3, -0.25) is 0 Å². The summed E-state index contributed by atoms with van der Waals surface area (Å²) in [6.45, 7) is 5.77. The molecule has 114 valence electrons. The van der Waals surface area contributed by atoms with E-state index in [9.17, 15) is 0 Å². The van der Waals surface area contributed by atoms with Crippen molar-refractivity contribution in [1.82, 2.24) is 5.32 Å². The van der Waals surface area contributed by atoms with Crippen LogP contribution >= 0.6 is 22.6 Å². The molecule has 0 radical (unpaired) electrons. The highest BCUT2D eigenvalue weighted by atomic mass is 127. The van der Waals surface area contributed by atoms with Crippen LogP contribution in [0.3, 0.4) is 0 Å². The fourth-order valence-corrected chi connectivity index (χ4v) is 2.99. The third-order valence-corrected chi connectivity index (χ3v) is 4.86. The number of hydrogen-bond donors (Lipinski definition) is 1. The number of furan rings is 1. The molecule has 1 N–H and O–H groups in total. The zero-order valence-electron chi connectivity index (χ0n) is 12.8. The molecule has 0 aliphatic heterocycles. The molecule has 21 heavy (non-hydrogen) atoms. The molecule has 4 heteroatoms. The summed E-state index contributed by atoms with van der Waals surface area (Å²) < 4.78 is 12.4. The summed E-state index contributed by atoms with van der Waals surface area (Å²) in [6.07, 6.45) is 1.09. The predicted molar refractivity (Wildman–Crippen MR) is 93.5 cm³/mol. The maximum atomic E-state index is 5.94. The van der Waals surface area contributed by atoms with Gasteiger partial charge in [-0.1, -0.05) is 25.1 Å². The van der Waals surface area contributed by atoms with E-state index in [4.69, 9.17) is 9.15 Å². The van der Waals surface area contributed by atoms with Crippen LogP contribution < -0.4 is 5.32 Å². The SMILES string of the molecule is CCCNC(c1ccc(COC)o1)c1cccc(C)c1I. The highest BCUT2D eigenvalue weighted by molar-refractivity contribution is 14.1. The minimum absolute atomic E-state index is 0.0855. The summed E-state index contributed by atoms with van der Waals surface area (Å²) in [4.78, 5) is 0. The number of methoxy groups -OCH3 is 1. The van der Waals surface area contributed by atoms with Crippen LogP contribution in [0.2, 0.25) is 0 Å². The second kappa shape index (κ2) is 7.96. The quantitative estimate of drug-likeness (QED) is 0.700. The van der Waals surface area contributed by atoms with Crippen LogP contribution in [0.4, 0.5) is 0 Å². The second-order valence-corrected chi connectivity index (χ2v) is 6.18. The van der Waals surface area contributed by atoms with Crippen LogP contribution in [0.5, 0.6) is 0 Å². The average molecular weight is 399 g/mol. The lowest BCUT2D eigenvalue weighted by Gasteiger charge is -2.19. The Morgan fingerprint density at radius 3 is 2.81 bits per heavy atom. The van der Waals surface area contributed by atoms with Crippen molar-refractivity contribution in [1.29, 1.82) is 0 Å². The molecule has 1 heterocycles. The number of ether oxygens (including phenoxy) is 1. The van der Waals surface area contributed by atoms with Crippen molar-refractivity contribution in [3.63, 3.8) is 0 Å². The van der Waals surface area contributed by atoms with E-state index in [0.717, 1.165) is 24.5 Å². The molecule has 2 aromatic rings. The van der Waals surface area contributed by atoms with E-state index >= 15 is 0 Å². The van der Waals surface area contributed by atoms with Crippen molar-refractivity contribution < 1.29 is 9.15 Å². The topological polar surface area (TPSA) is 34.4 Å². The Morgan fingerprint density at radius 2 is 2.10 bits per heavy atom. The first kappa shape index (κ1) is 16.5. The van der Waals surface area contributed by atoms with Crippen molar-refractivity contribution in [2.45, 2.75) is 32.9 Å². The first-order chi connectivity index (χ1) is 10.2. The van der Waals surface area contributed by atoms with Gasteiger partial charge in [0.05, 0.1) is 6.04 Å². The average Bonchev–Trinajstić information content (AvgIpc) is 2.92. The van der Waals surface area contributed by atoms with Gasteiger partial charge in [0.25, 0.3) is 0 Å². The van der Waals surface area contributed by atoms with Crippen molar-refractivity contribution in [3.8, 4) is 0 Å². The fraction of sp³-hybridized carbons (Fsp3) is 0.412. The maximum absolute atomic E-state index is 5.94. The van der Waals surface area contributed by atoms with Gasteiger partial charge in [-0.05, 0) is 65.7 Å². The normalized spacial score (nSPS) is 12.6. The van der Waals surface area contributed by atoms with E-state index < -0.39 is 0 Å². The molecule has 0 saturated carbocycles. The van der Waals surface area contributed by atoms with E-state index in [0.29, 0.717) is 6.61 Å². The number of rotatable bonds is 7. The summed E-state index contributed by atoms with van der Waals surface area (Å²) in [5.41, 5.74) is 2.56. The monoisotopic (exact) mass is 399 g/mol. The first-order valence-electron chi connectivity index (χ1n) is 7.23. The predicted octanol–water partition coefficient (Wildman–Crippen LogP) is 4.43. The third-order valence-electron chi connectivity index (χ3n) is 3.38. The third kappa shape index (κ3) is 4.08. The minimum atomic E-state index is 0.0855. The summed E-state index contributed by atoms with van der Waals surface area (Å²) >= 11 is 2.42. The molecule has 0 fully saturated rings. The first-order valence-corrected chi connectivity index (χ1v) is 8.31. The molecule has 2 rings (SSSR count). The lowest BCUT2D eigenvalue weighted by Crippen LogP contribution is -2.23. The van der Waals surface area contributed by atoms with Crippen LogP contribution in [0.1, 0.15) is 42.0 Å². The number of nitrogens with one attached hydrogen (secondary N) is 1. The van der Waals surface area contributed by atoms with E-state index in [-0.39, 0.29) is 6.04 Å². The largest absolute Gasteiger partial charge is 0.462 e. The van der Waals surface area contributed by atoms with E-state index in [2.05, 4.69) is 60.0 Å². The molecule has 0 aliphatic rings. The zero-order chi connectivity index (χ0) is 15.2. The molecular formula is C17H22INO2. The lowest BCUT2D eigenvalue weighted by molar-refractivity contribution is 0.162. The molecule has 0 spiro atoms. The highest BCUT2D eigenvalue weighted by Crippen LogP contribution is 2.29.